The van der Waals surface area contributed by atoms with Crippen LogP contribution in [0.1, 0.15) is 117 Å². The maximum atomic E-state index is 12.8. The maximum Gasteiger partial charge on any atom is 0.508 e. The zero-order valence-corrected chi connectivity index (χ0v) is 29.4. The Bertz CT molecular complexity index is 1180. The predicted molar refractivity (Wildman–Crippen MR) is 179 cm³/mol. The third kappa shape index (κ3) is 6.86. The fraction of sp³-hybridized carbons (Fsp3) is 0.769. The molecule has 0 unspecified atom stereocenters. The Kier molecular flexibility index (Phi) is 10.7. The Morgan fingerprint density at radius 2 is 1.60 bits per heavy atom. The molecule has 5 rings (SSSR count). The van der Waals surface area contributed by atoms with Gasteiger partial charge < -0.3 is 23.7 Å². The molecule has 0 heterocycles. The highest BCUT2D eigenvalue weighted by Crippen LogP contribution is 2.67. The van der Waals surface area contributed by atoms with Gasteiger partial charge in [0, 0.05) is 6.42 Å². The molecule has 252 valence electrons. The number of unbranched alkanes of at least 4 members (excludes halogenated alkanes) is 1. The first-order valence-corrected chi connectivity index (χ1v) is 17.9. The number of methoxy groups -OCH3 is 3. The number of carbonyl (C=O) groups is 1. The molecule has 0 aromatic heterocycles. The van der Waals surface area contributed by atoms with Crippen LogP contribution in [-0.2, 0) is 16.1 Å². The maximum absolute atomic E-state index is 12.8. The molecule has 0 amide bonds. The van der Waals surface area contributed by atoms with Gasteiger partial charge in [-0.25, -0.2) is 4.79 Å². The lowest BCUT2D eigenvalue weighted by molar-refractivity contribution is -0.0620. The first kappa shape index (κ1) is 34.0. The monoisotopic (exact) mass is 624 g/mol. The first-order valence-electron chi connectivity index (χ1n) is 17.9. The number of carbonyl (C=O) groups excluding carboxylic acids is 1. The third-order valence-electron chi connectivity index (χ3n) is 12.9. The van der Waals surface area contributed by atoms with Crippen LogP contribution in [0.3, 0.4) is 0 Å². The minimum Gasteiger partial charge on any atom is -0.493 e. The number of hydrogen-bond donors (Lipinski definition) is 0. The Balaban J connectivity index is 1.17. The summed E-state index contributed by atoms with van der Waals surface area (Å²) in [4.78, 5) is 12.8. The first-order chi connectivity index (χ1) is 21.5. The summed E-state index contributed by atoms with van der Waals surface area (Å²) in [5.74, 6) is 6.53. The number of ether oxygens (including phenoxy) is 5. The highest BCUT2D eigenvalue weighted by atomic mass is 16.7. The molecular formula is C39H60O6. The van der Waals surface area contributed by atoms with E-state index in [4.69, 9.17) is 23.7 Å². The summed E-state index contributed by atoms with van der Waals surface area (Å²) < 4.78 is 27.7. The van der Waals surface area contributed by atoms with Crippen molar-refractivity contribution in [3.05, 3.63) is 29.3 Å². The van der Waals surface area contributed by atoms with Crippen molar-refractivity contribution in [3.63, 3.8) is 0 Å². The lowest BCUT2D eigenvalue weighted by atomic mass is 9.47. The van der Waals surface area contributed by atoms with Crippen LogP contribution in [0.15, 0.2) is 23.8 Å². The molecule has 0 N–H and O–H groups in total. The summed E-state index contributed by atoms with van der Waals surface area (Å²) in [6, 6.07) is 3.58. The van der Waals surface area contributed by atoms with Gasteiger partial charge in [0.2, 0.25) is 5.75 Å². The van der Waals surface area contributed by atoms with Gasteiger partial charge in [0.15, 0.2) is 11.5 Å². The third-order valence-corrected chi connectivity index (χ3v) is 12.9. The van der Waals surface area contributed by atoms with Crippen LogP contribution in [0.25, 0.3) is 0 Å². The lowest BCUT2D eigenvalue weighted by Gasteiger charge is -2.58. The summed E-state index contributed by atoms with van der Waals surface area (Å²) in [6.07, 6.45) is 17.0. The Morgan fingerprint density at radius 3 is 2.27 bits per heavy atom. The second-order valence-corrected chi connectivity index (χ2v) is 15.7. The lowest BCUT2D eigenvalue weighted by Crippen LogP contribution is -2.51. The largest absolute Gasteiger partial charge is 0.508 e. The number of allylic oxidation sites excluding steroid dienone is 1. The molecular weight excluding hydrogens is 564 g/mol. The summed E-state index contributed by atoms with van der Waals surface area (Å²) >= 11 is 0. The Labute approximate surface area is 272 Å². The summed E-state index contributed by atoms with van der Waals surface area (Å²) in [7, 11) is 4.71. The van der Waals surface area contributed by atoms with E-state index in [0.29, 0.717) is 22.7 Å². The smallest absolute Gasteiger partial charge is 0.493 e. The van der Waals surface area contributed by atoms with Crippen molar-refractivity contribution in [2.24, 2.45) is 46.3 Å². The van der Waals surface area contributed by atoms with Gasteiger partial charge in [-0.3, -0.25) is 0 Å². The highest BCUT2D eigenvalue weighted by Gasteiger charge is 2.59. The van der Waals surface area contributed by atoms with Crippen LogP contribution < -0.4 is 14.2 Å². The fourth-order valence-electron chi connectivity index (χ4n) is 10.5. The number of rotatable bonds is 12. The molecule has 4 aliphatic rings. The zero-order valence-electron chi connectivity index (χ0n) is 29.4. The molecule has 1 aromatic carbocycles. The number of hydrogen-bond acceptors (Lipinski definition) is 6. The van der Waals surface area contributed by atoms with E-state index in [2.05, 4.69) is 40.7 Å². The van der Waals surface area contributed by atoms with Gasteiger partial charge in [-0.1, -0.05) is 72.0 Å². The van der Waals surface area contributed by atoms with Gasteiger partial charge in [-0.2, -0.15) is 0 Å². The van der Waals surface area contributed by atoms with Crippen LogP contribution in [0, 0.1) is 46.3 Å². The topological polar surface area (TPSA) is 63.2 Å². The molecule has 3 fully saturated rings. The van der Waals surface area contributed by atoms with Crippen molar-refractivity contribution >= 4 is 6.16 Å². The quantitative estimate of drug-likeness (QED) is 0.131. The minimum absolute atomic E-state index is 0.0736. The summed E-state index contributed by atoms with van der Waals surface area (Å²) in [5, 5.41) is 0. The van der Waals surface area contributed by atoms with Gasteiger partial charge in [0.25, 0.3) is 0 Å². The molecule has 0 saturated heterocycles. The average Bonchev–Trinajstić information content (AvgIpc) is 3.38. The van der Waals surface area contributed by atoms with E-state index < -0.39 is 6.16 Å². The average molecular weight is 625 g/mol. The summed E-state index contributed by atoms with van der Waals surface area (Å²) in [6.45, 7) is 12.5. The van der Waals surface area contributed by atoms with Crippen molar-refractivity contribution < 1.29 is 28.5 Å². The Morgan fingerprint density at radius 1 is 0.889 bits per heavy atom. The van der Waals surface area contributed by atoms with E-state index >= 15 is 0 Å². The molecule has 1 aromatic rings. The summed E-state index contributed by atoms with van der Waals surface area (Å²) in [5.41, 5.74) is 3.00. The van der Waals surface area contributed by atoms with Gasteiger partial charge >= 0.3 is 6.16 Å². The van der Waals surface area contributed by atoms with Crippen LogP contribution >= 0.6 is 0 Å². The Hall–Kier alpha value is -2.37. The van der Waals surface area contributed by atoms with Gasteiger partial charge in [0.05, 0.1) is 21.3 Å². The van der Waals surface area contributed by atoms with Crippen molar-refractivity contribution in [2.75, 3.05) is 21.3 Å². The normalized spacial score (nSPS) is 32.9. The highest BCUT2D eigenvalue weighted by molar-refractivity contribution is 5.61. The van der Waals surface area contributed by atoms with E-state index in [9.17, 15) is 4.79 Å². The predicted octanol–water partition coefficient (Wildman–Crippen LogP) is 10.2. The van der Waals surface area contributed by atoms with Crippen molar-refractivity contribution in [1.29, 1.82) is 0 Å². The SMILES string of the molecule is COc1cc(COC(=O)O[C@@H]2CC[C@@]3(C)C(=CC[C@H]4[C@@H]5CC[C@H]([C@H](C)CCCCC(C)C)[C@@]5(C)CC[C@@H]43)C2)cc(OC)c1OC. The van der Waals surface area contributed by atoms with E-state index in [-0.39, 0.29) is 18.1 Å². The second-order valence-electron chi connectivity index (χ2n) is 15.7. The minimum atomic E-state index is -0.615. The van der Waals surface area contributed by atoms with E-state index in [1.54, 1.807) is 33.5 Å². The van der Waals surface area contributed by atoms with Crippen LogP contribution in [0.4, 0.5) is 4.79 Å². The van der Waals surface area contributed by atoms with Gasteiger partial charge in [0.1, 0.15) is 12.7 Å². The van der Waals surface area contributed by atoms with Crippen molar-refractivity contribution in [3.8, 4) is 17.2 Å². The molecule has 0 bridgehead atoms. The van der Waals surface area contributed by atoms with Crippen molar-refractivity contribution in [2.45, 2.75) is 124 Å². The molecule has 8 atom stereocenters. The van der Waals surface area contributed by atoms with E-state index in [1.807, 2.05) is 0 Å². The number of benzene rings is 1. The molecule has 4 aliphatic carbocycles. The van der Waals surface area contributed by atoms with Gasteiger partial charge in [-0.05, 0) is 109 Å². The molecule has 0 aliphatic heterocycles. The standard InChI is InChI=1S/C39H60O6/c1-25(2)11-9-10-12-26(3)31-15-16-32-30-14-13-28-23-29(17-19-38(28,4)33(30)18-20-39(31,32)5)45-37(40)44-24-27-21-34(41-6)36(43-8)35(22-27)42-7/h13,21-22,25-26,29-33H,9-12,14-20,23-24H2,1-8H3/t26-,29-,30+,31-,32+,33+,38+,39-/m1/s1. The van der Waals surface area contributed by atoms with Gasteiger partial charge in [-0.15, -0.1) is 0 Å². The van der Waals surface area contributed by atoms with E-state index in [0.717, 1.165) is 60.3 Å². The molecule has 6 nitrogen and oxygen atoms in total. The second kappa shape index (κ2) is 14.2. The van der Waals surface area contributed by atoms with E-state index in [1.165, 1.54) is 63.4 Å². The zero-order chi connectivity index (χ0) is 32.4. The molecule has 6 heteroatoms. The van der Waals surface area contributed by atoms with Crippen LogP contribution in [0.2, 0.25) is 0 Å². The van der Waals surface area contributed by atoms with Crippen LogP contribution in [-0.4, -0.2) is 33.6 Å². The molecule has 3 saturated carbocycles. The number of fused-ring (bicyclic) bond motifs is 5. The molecule has 45 heavy (non-hydrogen) atoms. The molecule has 0 radical (unpaired) electrons. The van der Waals surface area contributed by atoms with Crippen LogP contribution in [0.5, 0.6) is 17.2 Å². The molecule has 0 spiro atoms. The van der Waals surface area contributed by atoms with Crippen molar-refractivity contribution in [1.82, 2.24) is 0 Å². The fourth-order valence-corrected chi connectivity index (χ4v) is 10.5.